The summed E-state index contributed by atoms with van der Waals surface area (Å²) in [6.07, 6.45) is -4.36. The van der Waals surface area contributed by atoms with Gasteiger partial charge in [-0.2, -0.15) is 13.2 Å². The average molecular weight is 312 g/mol. The van der Waals surface area contributed by atoms with Crippen molar-refractivity contribution in [3.05, 3.63) is 16.5 Å². The molecule has 0 bridgehead atoms. The average Bonchev–Trinajstić information content (AvgIpc) is 2.23. The van der Waals surface area contributed by atoms with Crippen LogP contribution < -0.4 is 4.90 Å². The first-order chi connectivity index (χ1) is 7.81. The molecule has 3 nitrogen and oxygen atoms in total. The van der Waals surface area contributed by atoms with Crippen LogP contribution in [0, 0.1) is 0 Å². The summed E-state index contributed by atoms with van der Waals surface area (Å²) in [6, 6.07) is 1.61. The smallest absolute Gasteiger partial charge is 0.359 e. The maximum absolute atomic E-state index is 12.1. The van der Waals surface area contributed by atoms with Gasteiger partial charge in [-0.05, 0) is 15.9 Å². The number of aryl methyl sites for hydroxylation is 1. The van der Waals surface area contributed by atoms with E-state index in [4.69, 9.17) is 0 Å². The molecule has 0 fully saturated rings. The summed E-state index contributed by atoms with van der Waals surface area (Å²) in [7, 11) is 1.58. The second-order valence-electron chi connectivity index (χ2n) is 3.61. The zero-order valence-electron chi connectivity index (χ0n) is 9.55. The molecule has 0 aliphatic heterocycles. The number of alkyl halides is 3. The number of halogens is 4. The number of hydrogen-bond donors (Lipinski definition) is 0. The summed E-state index contributed by atoms with van der Waals surface area (Å²) in [6.45, 7) is 1.78. The zero-order chi connectivity index (χ0) is 13.1. The Kier molecular flexibility index (Phi) is 4.73. The van der Waals surface area contributed by atoms with E-state index in [1.807, 2.05) is 6.92 Å². The fourth-order valence-electron chi connectivity index (χ4n) is 1.21. The van der Waals surface area contributed by atoms with E-state index < -0.39 is 12.6 Å². The molecule has 96 valence electrons. The van der Waals surface area contributed by atoms with Crippen LogP contribution in [0.25, 0.3) is 0 Å². The number of anilines is 1. The first kappa shape index (κ1) is 14.2. The summed E-state index contributed by atoms with van der Waals surface area (Å²) in [5.74, 6) is 1.10. The molecular weight excluding hydrogens is 299 g/mol. The van der Waals surface area contributed by atoms with Gasteiger partial charge in [-0.3, -0.25) is 0 Å². The minimum atomic E-state index is -4.15. The van der Waals surface area contributed by atoms with Crippen molar-refractivity contribution in [1.82, 2.24) is 9.97 Å². The summed E-state index contributed by atoms with van der Waals surface area (Å²) < 4.78 is 36.8. The van der Waals surface area contributed by atoms with E-state index in [-0.39, 0.29) is 6.54 Å². The zero-order valence-corrected chi connectivity index (χ0v) is 11.1. The lowest BCUT2D eigenvalue weighted by atomic mass is 10.3. The van der Waals surface area contributed by atoms with Crippen molar-refractivity contribution in [3.8, 4) is 0 Å². The highest BCUT2D eigenvalue weighted by atomic mass is 79.9. The predicted octanol–water partition coefficient (Wildman–Crippen LogP) is 3.19. The van der Waals surface area contributed by atoms with Crippen molar-refractivity contribution < 1.29 is 13.2 Å². The second-order valence-corrected chi connectivity index (χ2v) is 4.42. The summed E-state index contributed by atoms with van der Waals surface area (Å²) in [5, 5.41) is 0. The van der Waals surface area contributed by atoms with Crippen molar-refractivity contribution >= 4 is 21.7 Å². The lowest BCUT2D eigenvalue weighted by molar-refractivity contribution is -0.132. The predicted molar refractivity (Wildman–Crippen MR) is 63.1 cm³/mol. The van der Waals surface area contributed by atoms with Gasteiger partial charge in [-0.1, -0.05) is 6.92 Å². The fourth-order valence-corrected chi connectivity index (χ4v) is 1.62. The fraction of sp³-hybridized carbons (Fsp3) is 0.600. The van der Waals surface area contributed by atoms with E-state index in [0.29, 0.717) is 22.7 Å². The highest BCUT2D eigenvalue weighted by molar-refractivity contribution is 9.10. The maximum Gasteiger partial charge on any atom is 0.390 e. The molecule has 0 radical (unpaired) electrons. The third-order valence-electron chi connectivity index (χ3n) is 2.17. The van der Waals surface area contributed by atoms with Crippen LogP contribution >= 0.6 is 15.9 Å². The van der Waals surface area contributed by atoms with Crippen LogP contribution in [0.2, 0.25) is 0 Å². The molecule has 7 heteroatoms. The van der Waals surface area contributed by atoms with Crippen molar-refractivity contribution in [2.75, 3.05) is 18.5 Å². The van der Waals surface area contributed by atoms with Crippen LogP contribution in [0.3, 0.4) is 0 Å². The van der Waals surface area contributed by atoms with Crippen molar-refractivity contribution in [2.45, 2.75) is 25.9 Å². The number of hydrogen-bond acceptors (Lipinski definition) is 3. The van der Waals surface area contributed by atoms with Gasteiger partial charge in [0.25, 0.3) is 0 Å². The van der Waals surface area contributed by atoms with Gasteiger partial charge in [0.2, 0.25) is 0 Å². The third-order valence-corrected chi connectivity index (χ3v) is 2.57. The second kappa shape index (κ2) is 5.66. The maximum atomic E-state index is 12.1. The van der Waals surface area contributed by atoms with Crippen molar-refractivity contribution in [2.24, 2.45) is 0 Å². The summed E-state index contributed by atoms with van der Waals surface area (Å²) in [4.78, 5) is 9.74. The molecule has 0 saturated carbocycles. The van der Waals surface area contributed by atoms with Gasteiger partial charge >= 0.3 is 6.18 Å². The van der Waals surface area contributed by atoms with E-state index in [1.54, 1.807) is 13.1 Å². The van der Waals surface area contributed by atoms with E-state index in [0.717, 1.165) is 0 Å². The Labute approximate surface area is 106 Å². The van der Waals surface area contributed by atoms with Crippen LogP contribution in [0.4, 0.5) is 19.0 Å². The molecule has 1 rings (SSSR count). The lowest BCUT2D eigenvalue weighted by Gasteiger charge is -2.19. The van der Waals surface area contributed by atoms with Crippen molar-refractivity contribution in [3.63, 3.8) is 0 Å². The Balaban J connectivity index is 2.74. The molecule has 0 aromatic carbocycles. The first-order valence-corrected chi connectivity index (χ1v) is 5.92. The van der Waals surface area contributed by atoms with E-state index in [9.17, 15) is 13.2 Å². The van der Waals surface area contributed by atoms with Crippen molar-refractivity contribution in [1.29, 1.82) is 0 Å². The molecular formula is C10H13BrF3N3. The van der Waals surface area contributed by atoms with E-state index in [1.165, 1.54) is 4.90 Å². The van der Waals surface area contributed by atoms with Crippen LogP contribution in [-0.2, 0) is 6.42 Å². The molecule has 1 aromatic heterocycles. The van der Waals surface area contributed by atoms with E-state index >= 15 is 0 Å². The SMILES string of the molecule is CCc1nc(Br)cc(N(C)CCC(F)(F)F)n1. The Morgan fingerprint density at radius 1 is 1.35 bits per heavy atom. The minimum absolute atomic E-state index is 0.115. The van der Waals surface area contributed by atoms with Gasteiger partial charge in [0, 0.05) is 26.1 Å². The molecule has 0 saturated heterocycles. The number of nitrogens with zero attached hydrogens (tertiary/aromatic N) is 3. The molecule has 0 unspecified atom stereocenters. The van der Waals surface area contributed by atoms with Gasteiger partial charge < -0.3 is 4.90 Å². The quantitative estimate of drug-likeness (QED) is 0.800. The summed E-state index contributed by atoms with van der Waals surface area (Å²) >= 11 is 3.21. The molecule has 0 aliphatic rings. The van der Waals surface area contributed by atoms with Crippen LogP contribution in [0.1, 0.15) is 19.2 Å². The van der Waals surface area contributed by atoms with Gasteiger partial charge in [0.15, 0.2) is 0 Å². The Morgan fingerprint density at radius 3 is 2.53 bits per heavy atom. The molecule has 0 aliphatic carbocycles. The van der Waals surface area contributed by atoms with Crippen LogP contribution in [-0.4, -0.2) is 29.7 Å². The highest BCUT2D eigenvalue weighted by Crippen LogP contribution is 2.22. The van der Waals surface area contributed by atoms with Gasteiger partial charge in [0.05, 0.1) is 6.42 Å². The molecule has 1 aromatic rings. The van der Waals surface area contributed by atoms with Gasteiger partial charge in [0.1, 0.15) is 16.2 Å². The largest absolute Gasteiger partial charge is 0.390 e. The molecule has 17 heavy (non-hydrogen) atoms. The standard InChI is InChI=1S/C10H13BrF3N3/c1-3-8-15-7(11)6-9(16-8)17(2)5-4-10(12,13)14/h6H,3-5H2,1-2H3. The molecule has 0 N–H and O–H groups in total. The molecule has 0 amide bonds. The summed E-state index contributed by atoms with van der Waals surface area (Å²) in [5.41, 5.74) is 0. The highest BCUT2D eigenvalue weighted by Gasteiger charge is 2.27. The molecule has 0 spiro atoms. The lowest BCUT2D eigenvalue weighted by Crippen LogP contribution is -2.25. The molecule has 1 heterocycles. The molecule has 0 atom stereocenters. The number of aromatic nitrogens is 2. The Morgan fingerprint density at radius 2 is 2.00 bits per heavy atom. The first-order valence-electron chi connectivity index (χ1n) is 5.13. The van der Waals surface area contributed by atoms with Crippen LogP contribution in [0.5, 0.6) is 0 Å². The normalized spacial score (nSPS) is 11.6. The topological polar surface area (TPSA) is 29.0 Å². The van der Waals surface area contributed by atoms with Gasteiger partial charge in [-0.25, -0.2) is 9.97 Å². The van der Waals surface area contributed by atoms with Gasteiger partial charge in [-0.15, -0.1) is 0 Å². The monoisotopic (exact) mass is 311 g/mol. The third kappa shape index (κ3) is 4.89. The van der Waals surface area contributed by atoms with E-state index in [2.05, 4.69) is 25.9 Å². The van der Waals surface area contributed by atoms with Crippen LogP contribution in [0.15, 0.2) is 10.7 Å². The minimum Gasteiger partial charge on any atom is -0.359 e. The Bertz CT molecular complexity index is 382. The Hall–Kier alpha value is -0.850. The number of rotatable bonds is 4.